The van der Waals surface area contributed by atoms with Gasteiger partial charge in [0.2, 0.25) is 0 Å². The first kappa shape index (κ1) is 15.4. The molecule has 1 atom stereocenters. The molecule has 0 aliphatic heterocycles. The van der Waals surface area contributed by atoms with Crippen LogP contribution < -0.4 is 0 Å². The van der Waals surface area contributed by atoms with Crippen LogP contribution in [0.15, 0.2) is 71.5 Å². The molecule has 0 radical (unpaired) electrons. The summed E-state index contributed by atoms with van der Waals surface area (Å²) < 4.78 is 1.77. The standard InChI is InChI=1S/C17H15N5O2/c23-20-9-13-1-5-15(6-2-13)17(22-12-18-11-19-22)16-7-3-14(4-8-16)10-21-24/h1-12,17,23-24H/b20-9-,21-10+. The minimum absolute atomic E-state index is 0.146. The van der Waals surface area contributed by atoms with E-state index in [-0.39, 0.29) is 6.04 Å². The van der Waals surface area contributed by atoms with Crippen LogP contribution in [-0.2, 0) is 0 Å². The summed E-state index contributed by atoms with van der Waals surface area (Å²) >= 11 is 0. The Balaban J connectivity index is 2.00. The summed E-state index contributed by atoms with van der Waals surface area (Å²) in [5.74, 6) is 0. The number of oxime groups is 2. The monoisotopic (exact) mass is 321 g/mol. The maximum absolute atomic E-state index is 8.61. The molecule has 24 heavy (non-hydrogen) atoms. The van der Waals surface area contributed by atoms with Gasteiger partial charge in [0, 0.05) is 0 Å². The van der Waals surface area contributed by atoms with Crippen molar-refractivity contribution >= 4 is 12.4 Å². The molecule has 2 aromatic carbocycles. The lowest BCUT2D eigenvalue weighted by atomic mass is 9.97. The zero-order chi connectivity index (χ0) is 16.8. The van der Waals surface area contributed by atoms with Crippen LogP contribution in [0.2, 0.25) is 0 Å². The fourth-order valence-corrected chi connectivity index (χ4v) is 2.51. The van der Waals surface area contributed by atoms with Gasteiger partial charge in [-0.15, -0.1) is 0 Å². The van der Waals surface area contributed by atoms with E-state index < -0.39 is 0 Å². The fraction of sp³-hybridized carbons (Fsp3) is 0.0588. The van der Waals surface area contributed by atoms with Crippen LogP contribution in [0, 0.1) is 0 Å². The van der Waals surface area contributed by atoms with Crippen molar-refractivity contribution < 1.29 is 10.4 Å². The summed E-state index contributed by atoms with van der Waals surface area (Å²) in [6.45, 7) is 0. The van der Waals surface area contributed by atoms with E-state index in [0.717, 1.165) is 22.3 Å². The summed E-state index contributed by atoms with van der Waals surface area (Å²) in [4.78, 5) is 4.03. The van der Waals surface area contributed by atoms with Crippen molar-refractivity contribution in [3.63, 3.8) is 0 Å². The van der Waals surface area contributed by atoms with Crippen LogP contribution in [-0.4, -0.2) is 37.6 Å². The van der Waals surface area contributed by atoms with E-state index in [1.54, 1.807) is 11.0 Å². The van der Waals surface area contributed by atoms with Crippen molar-refractivity contribution in [2.75, 3.05) is 0 Å². The molecule has 0 amide bonds. The quantitative estimate of drug-likeness (QED) is 0.429. The van der Waals surface area contributed by atoms with Gasteiger partial charge >= 0.3 is 0 Å². The van der Waals surface area contributed by atoms with E-state index in [0.29, 0.717) is 0 Å². The minimum Gasteiger partial charge on any atom is -0.411 e. The van der Waals surface area contributed by atoms with Crippen molar-refractivity contribution in [3.05, 3.63) is 83.4 Å². The van der Waals surface area contributed by atoms with E-state index in [4.69, 9.17) is 10.4 Å². The van der Waals surface area contributed by atoms with Gasteiger partial charge in [-0.2, -0.15) is 5.10 Å². The first-order chi connectivity index (χ1) is 11.8. The fourth-order valence-electron chi connectivity index (χ4n) is 2.51. The second-order valence-electron chi connectivity index (χ2n) is 5.10. The molecular weight excluding hydrogens is 306 g/mol. The third-order valence-corrected chi connectivity index (χ3v) is 3.62. The Bertz CT molecular complexity index is 769. The second kappa shape index (κ2) is 7.19. The highest BCUT2D eigenvalue weighted by Gasteiger charge is 2.17. The first-order valence-corrected chi connectivity index (χ1v) is 7.20. The molecule has 0 saturated carbocycles. The Morgan fingerprint density at radius 3 is 1.71 bits per heavy atom. The predicted molar refractivity (Wildman–Crippen MR) is 88.9 cm³/mol. The van der Waals surface area contributed by atoms with E-state index in [1.807, 2.05) is 48.5 Å². The van der Waals surface area contributed by atoms with Crippen molar-refractivity contribution in [2.45, 2.75) is 6.04 Å². The van der Waals surface area contributed by atoms with Crippen LogP contribution in [0.25, 0.3) is 0 Å². The van der Waals surface area contributed by atoms with Gasteiger partial charge < -0.3 is 10.4 Å². The maximum atomic E-state index is 8.61. The molecule has 1 unspecified atom stereocenters. The summed E-state index contributed by atoms with van der Waals surface area (Å²) in [5, 5.41) is 27.5. The van der Waals surface area contributed by atoms with Gasteiger partial charge in [-0.1, -0.05) is 58.8 Å². The normalized spacial score (nSPS) is 12.8. The third kappa shape index (κ3) is 3.30. The summed E-state index contributed by atoms with van der Waals surface area (Å²) in [5.41, 5.74) is 3.62. The van der Waals surface area contributed by atoms with Gasteiger partial charge in [-0.25, -0.2) is 9.67 Å². The average Bonchev–Trinajstić information content (AvgIpc) is 3.13. The van der Waals surface area contributed by atoms with Gasteiger partial charge in [-0.3, -0.25) is 0 Å². The van der Waals surface area contributed by atoms with E-state index in [9.17, 15) is 0 Å². The Morgan fingerprint density at radius 2 is 1.33 bits per heavy atom. The topological polar surface area (TPSA) is 95.9 Å². The molecule has 1 heterocycles. The van der Waals surface area contributed by atoms with Gasteiger partial charge in [0.1, 0.15) is 18.7 Å². The van der Waals surface area contributed by atoms with Crippen molar-refractivity contribution in [1.29, 1.82) is 0 Å². The molecule has 7 nitrogen and oxygen atoms in total. The molecule has 0 fully saturated rings. The third-order valence-electron chi connectivity index (χ3n) is 3.62. The molecule has 120 valence electrons. The minimum atomic E-state index is -0.146. The summed E-state index contributed by atoms with van der Waals surface area (Å²) in [7, 11) is 0. The smallest absolute Gasteiger partial charge is 0.137 e. The van der Waals surface area contributed by atoms with Gasteiger partial charge in [0.15, 0.2) is 0 Å². The highest BCUT2D eigenvalue weighted by Crippen LogP contribution is 2.26. The molecule has 0 bridgehead atoms. The molecule has 2 N–H and O–H groups in total. The van der Waals surface area contributed by atoms with Crippen molar-refractivity contribution in [2.24, 2.45) is 10.3 Å². The van der Waals surface area contributed by atoms with Gasteiger partial charge in [0.05, 0.1) is 12.4 Å². The van der Waals surface area contributed by atoms with Gasteiger partial charge in [-0.05, 0) is 22.3 Å². The molecular formula is C17H15N5O2. The number of hydrogen-bond acceptors (Lipinski definition) is 6. The van der Waals surface area contributed by atoms with Crippen LogP contribution in [0.1, 0.15) is 28.3 Å². The van der Waals surface area contributed by atoms with E-state index in [2.05, 4.69) is 20.4 Å². The van der Waals surface area contributed by atoms with Crippen molar-refractivity contribution in [1.82, 2.24) is 14.8 Å². The zero-order valence-electron chi connectivity index (χ0n) is 12.6. The zero-order valence-corrected chi connectivity index (χ0v) is 12.6. The number of rotatable bonds is 5. The molecule has 0 aliphatic carbocycles. The van der Waals surface area contributed by atoms with Gasteiger partial charge in [0.25, 0.3) is 0 Å². The average molecular weight is 321 g/mol. The Labute approximate surface area is 138 Å². The molecule has 0 saturated heterocycles. The SMILES string of the molecule is O/N=C\c1ccc(C(c2ccc(/C=N/O)cc2)n2cncn2)cc1. The first-order valence-electron chi connectivity index (χ1n) is 7.20. The molecule has 0 spiro atoms. The molecule has 7 heteroatoms. The van der Waals surface area contributed by atoms with E-state index in [1.165, 1.54) is 18.8 Å². The van der Waals surface area contributed by atoms with Crippen LogP contribution >= 0.6 is 0 Å². The highest BCUT2D eigenvalue weighted by atomic mass is 16.4. The number of aromatic nitrogens is 3. The largest absolute Gasteiger partial charge is 0.411 e. The highest BCUT2D eigenvalue weighted by molar-refractivity contribution is 5.79. The Hall–Kier alpha value is -3.48. The van der Waals surface area contributed by atoms with Crippen LogP contribution in [0.4, 0.5) is 0 Å². The Morgan fingerprint density at radius 1 is 0.833 bits per heavy atom. The number of hydrogen-bond donors (Lipinski definition) is 2. The summed E-state index contributed by atoms with van der Waals surface area (Å²) in [6.07, 6.45) is 5.90. The maximum Gasteiger partial charge on any atom is 0.137 e. The lowest BCUT2D eigenvalue weighted by molar-refractivity contribution is 0.321. The Kier molecular flexibility index (Phi) is 4.62. The van der Waals surface area contributed by atoms with E-state index >= 15 is 0 Å². The molecule has 3 rings (SSSR count). The lowest BCUT2D eigenvalue weighted by Gasteiger charge is -2.18. The number of benzene rings is 2. The number of nitrogens with zero attached hydrogens (tertiary/aromatic N) is 5. The lowest BCUT2D eigenvalue weighted by Crippen LogP contribution is -2.13. The second-order valence-corrected chi connectivity index (χ2v) is 5.10. The van der Waals surface area contributed by atoms with Crippen LogP contribution in [0.5, 0.6) is 0 Å². The molecule has 0 aliphatic rings. The van der Waals surface area contributed by atoms with Crippen molar-refractivity contribution in [3.8, 4) is 0 Å². The summed E-state index contributed by atoms with van der Waals surface area (Å²) in [6, 6.07) is 15.1. The molecule has 3 aromatic rings. The van der Waals surface area contributed by atoms with Crippen LogP contribution in [0.3, 0.4) is 0 Å². The molecule has 1 aromatic heterocycles. The predicted octanol–water partition coefficient (Wildman–Crippen LogP) is 2.53.